The van der Waals surface area contributed by atoms with Crippen LogP contribution in [-0.2, 0) is 9.59 Å². The van der Waals surface area contributed by atoms with E-state index in [2.05, 4.69) is 37.6 Å². The third-order valence-electron chi connectivity index (χ3n) is 6.03. The van der Waals surface area contributed by atoms with Crippen LogP contribution in [0.2, 0.25) is 0 Å². The monoisotopic (exact) mass is 542 g/mol. The van der Waals surface area contributed by atoms with Crippen molar-refractivity contribution in [2.45, 2.75) is 19.3 Å². The number of piperidine rings is 1. The molecule has 1 aromatic rings. The molecule has 3 rings (SSSR count). The summed E-state index contributed by atoms with van der Waals surface area (Å²) < 4.78 is 0. The smallest absolute Gasteiger partial charge is 0.242 e. The fourth-order valence-electron chi connectivity index (χ4n) is 4.16. The molecule has 2 saturated heterocycles. The second-order valence-corrected chi connectivity index (χ2v) is 7.91. The SMILES string of the molecule is CN=C(NCC(=O)N1CCN(c2ccccc2)CC1)N1CCC(CC(=O)NC)CC1.I. The lowest BCUT2D eigenvalue weighted by Crippen LogP contribution is -2.53. The predicted octanol–water partition coefficient (Wildman–Crippen LogP) is 1.38. The molecule has 0 aliphatic carbocycles. The van der Waals surface area contributed by atoms with Crippen molar-refractivity contribution >= 4 is 47.4 Å². The third kappa shape index (κ3) is 7.26. The van der Waals surface area contributed by atoms with Crippen LogP contribution in [0.5, 0.6) is 0 Å². The number of nitrogens with zero attached hydrogens (tertiary/aromatic N) is 4. The number of hydrogen-bond donors (Lipinski definition) is 2. The van der Waals surface area contributed by atoms with Gasteiger partial charge >= 0.3 is 0 Å². The van der Waals surface area contributed by atoms with E-state index in [0.717, 1.165) is 58.1 Å². The van der Waals surface area contributed by atoms with Gasteiger partial charge in [0.2, 0.25) is 11.8 Å². The van der Waals surface area contributed by atoms with Crippen LogP contribution < -0.4 is 15.5 Å². The number of hydrogen-bond acceptors (Lipinski definition) is 4. The molecule has 0 spiro atoms. The molecule has 2 aliphatic heterocycles. The number of amides is 2. The van der Waals surface area contributed by atoms with E-state index in [1.165, 1.54) is 5.69 Å². The van der Waals surface area contributed by atoms with Crippen molar-refractivity contribution < 1.29 is 9.59 Å². The first kappa shape index (κ1) is 25.2. The molecule has 9 heteroatoms. The molecular weight excluding hydrogens is 507 g/mol. The fourth-order valence-corrected chi connectivity index (χ4v) is 4.16. The first-order chi connectivity index (χ1) is 14.6. The molecule has 8 nitrogen and oxygen atoms in total. The molecule has 2 fully saturated rings. The standard InChI is InChI=1S/C22H34N6O2.HI/c1-23-20(29)16-18-8-10-28(11-9-18)22(24-2)25-17-21(30)27-14-12-26(13-15-27)19-6-4-3-5-7-19;/h3-7,18H,8-17H2,1-2H3,(H,23,29)(H,24,25);1H. The van der Waals surface area contributed by atoms with Gasteiger partial charge in [-0.3, -0.25) is 14.6 Å². The molecule has 0 saturated carbocycles. The maximum absolute atomic E-state index is 12.7. The maximum Gasteiger partial charge on any atom is 0.242 e. The number of benzene rings is 1. The molecule has 172 valence electrons. The summed E-state index contributed by atoms with van der Waals surface area (Å²) in [6.45, 7) is 5.14. The lowest BCUT2D eigenvalue weighted by Gasteiger charge is -2.37. The first-order valence-corrected chi connectivity index (χ1v) is 10.8. The molecule has 2 amide bonds. The summed E-state index contributed by atoms with van der Waals surface area (Å²) >= 11 is 0. The molecule has 2 heterocycles. The zero-order valence-electron chi connectivity index (χ0n) is 18.5. The molecule has 0 bridgehead atoms. The number of halogens is 1. The molecule has 1 aromatic carbocycles. The van der Waals surface area contributed by atoms with Gasteiger partial charge in [-0.05, 0) is 30.9 Å². The Morgan fingerprint density at radius 1 is 1.00 bits per heavy atom. The van der Waals surface area contributed by atoms with Crippen molar-refractivity contribution in [3.05, 3.63) is 30.3 Å². The Morgan fingerprint density at radius 3 is 2.23 bits per heavy atom. The van der Waals surface area contributed by atoms with Crippen molar-refractivity contribution in [1.82, 2.24) is 20.4 Å². The number of carbonyl (C=O) groups excluding carboxylic acids is 2. The molecule has 2 N–H and O–H groups in total. The van der Waals surface area contributed by atoms with E-state index in [1.807, 2.05) is 23.1 Å². The molecule has 0 aromatic heterocycles. The summed E-state index contributed by atoms with van der Waals surface area (Å²) in [5.74, 6) is 1.40. The van der Waals surface area contributed by atoms with E-state index in [1.54, 1.807) is 14.1 Å². The van der Waals surface area contributed by atoms with E-state index in [9.17, 15) is 9.59 Å². The Hall–Kier alpha value is -2.04. The van der Waals surface area contributed by atoms with Gasteiger partial charge in [-0.2, -0.15) is 0 Å². The normalized spacial score (nSPS) is 17.7. The highest BCUT2D eigenvalue weighted by Gasteiger charge is 2.25. The molecule has 0 atom stereocenters. The van der Waals surface area contributed by atoms with Gasteiger partial charge in [0.1, 0.15) is 0 Å². The number of rotatable bonds is 5. The number of anilines is 1. The average Bonchev–Trinajstić information content (AvgIpc) is 2.81. The number of carbonyl (C=O) groups is 2. The summed E-state index contributed by atoms with van der Waals surface area (Å²) in [5.41, 5.74) is 1.21. The van der Waals surface area contributed by atoms with Crippen molar-refractivity contribution in [3.8, 4) is 0 Å². The van der Waals surface area contributed by atoms with Crippen LogP contribution in [0, 0.1) is 5.92 Å². The van der Waals surface area contributed by atoms with Crippen LogP contribution in [0.3, 0.4) is 0 Å². The second-order valence-electron chi connectivity index (χ2n) is 7.91. The number of guanidine groups is 1. The topological polar surface area (TPSA) is 80.3 Å². The van der Waals surface area contributed by atoms with Gasteiger partial charge in [0.25, 0.3) is 0 Å². The Kier molecular flexibility index (Phi) is 10.4. The van der Waals surface area contributed by atoms with Crippen molar-refractivity contribution in [2.24, 2.45) is 10.9 Å². The Labute approximate surface area is 202 Å². The number of para-hydroxylation sites is 1. The quantitative estimate of drug-likeness (QED) is 0.334. The van der Waals surface area contributed by atoms with E-state index >= 15 is 0 Å². The Balaban J connectivity index is 0.00000341. The summed E-state index contributed by atoms with van der Waals surface area (Å²) in [7, 11) is 3.43. The van der Waals surface area contributed by atoms with Crippen molar-refractivity contribution in [2.75, 3.05) is 64.8 Å². The minimum Gasteiger partial charge on any atom is -0.368 e. The van der Waals surface area contributed by atoms with Gasteiger partial charge in [-0.1, -0.05) is 18.2 Å². The van der Waals surface area contributed by atoms with Crippen LogP contribution in [0.15, 0.2) is 35.3 Å². The molecule has 31 heavy (non-hydrogen) atoms. The van der Waals surface area contributed by atoms with Gasteiger partial charge in [0.15, 0.2) is 5.96 Å². The lowest BCUT2D eigenvalue weighted by atomic mass is 9.93. The second kappa shape index (κ2) is 12.7. The van der Waals surface area contributed by atoms with Gasteiger partial charge in [-0.15, -0.1) is 24.0 Å². The molecule has 0 unspecified atom stereocenters. The van der Waals surface area contributed by atoms with Gasteiger partial charge in [0.05, 0.1) is 6.54 Å². The van der Waals surface area contributed by atoms with Crippen LogP contribution in [0.25, 0.3) is 0 Å². The Bertz CT molecular complexity index is 729. The summed E-state index contributed by atoms with van der Waals surface area (Å²) in [4.78, 5) is 35.0. The minimum atomic E-state index is 0. The van der Waals surface area contributed by atoms with Crippen molar-refractivity contribution in [3.63, 3.8) is 0 Å². The van der Waals surface area contributed by atoms with Crippen LogP contribution in [0.4, 0.5) is 5.69 Å². The average molecular weight is 542 g/mol. The number of aliphatic imine (C=N–C) groups is 1. The third-order valence-corrected chi connectivity index (χ3v) is 6.03. The zero-order chi connectivity index (χ0) is 21.3. The zero-order valence-corrected chi connectivity index (χ0v) is 20.9. The Morgan fingerprint density at radius 2 is 1.65 bits per heavy atom. The lowest BCUT2D eigenvalue weighted by molar-refractivity contribution is -0.130. The van der Waals surface area contributed by atoms with E-state index < -0.39 is 0 Å². The molecule has 2 aliphatic rings. The number of piperazine rings is 1. The van der Waals surface area contributed by atoms with E-state index in [-0.39, 0.29) is 42.3 Å². The summed E-state index contributed by atoms with van der Waals surface area (Å²) in [6, 6.07) is 10.3. The highest BCUT2D eigenvalue weighted by atomic mass is 127. The van der Waals surface area contributed by atoms with Gasteiger partial charge in [-0.25, -0.2) is 0 Å². The largest absolute Gasteiger partial charge is 0.368 e. The highest BCUT2D eigenvalue weighted by molar-refractivity contribution is 14.0. The van der Waals surface area contributed by atoms with Crippen LogP contribution in [0.1, 0.15) is 19.3 Å². The molecule has 0 radical (unpaired) electrons. The van der Waals surface area contributed by atoms with Crippen LogP contribution >= 0.6 is 24.0 Å². The minimum absolute atomic E-state index is 0. The van der Waals surface area contributed by atoms with Gasteiger partial charge < -0.3 is 25.3 Å². The number of nitrogens with one attached hydrogen (secondary N) is 2. The maximum atomic E-state index is 12.7. The summed E-state index contributed by atoms with van der Waals surface area (Å²) in [5, 5.41) is 5.94. The number of likely N-dealkylation sites (tertiary alicyclic amines) is 1. The van der Waals surface area contributed by atoms with Crippen molar-refractivity contribution in [1.29, 1.82) is 0 Å². The first-order valence-electron chi connectivity index (χ1n) is 10.8. The highest BCUT2D eigenvalue weighted by Crippen LogP contribution is 2.20. The predicted molar refractivity (Wildman–Crippen MR) is 135 cm³/mol. The van der Waals surface area contributed by atoms with Gasteiger partial charge in [0, 0.05) is 65.5 Å². The van der Waals surface area contributed by atoms with E-state index in [4.69, 9.17) is 0 Å². The fraction of sp³-hybridized carbons (Fsp3) is 0.591. The van der Waals surface area contributed by atoms with E-state index in [0.29, 0.717) is 12.3 Å². The van der Waals surface area contributed by atoms with Crippen LogP contribution in [-0.4, -0.2) is 87.5 Å². The summed E-state index contributed by atoms with van der Waals surface area (Å²) in [6.07, 6.45) is 2.51. The molecular formula is C22H35IN6O2.